The van der Waals surface area contributed by atoms with E-state index in [0.29, 0.717) is 6.42 Å². The van der Waals surface area contributed by atoms with Crippen LogP contribution in [0.4, 0.5) is 0 Å². The average Bonchev–Trinajstić information content (AvgIpc) is 2.29. The van der Waals surface area contributed by atoms with E-state index in [0.717, 1.165) is 45.1 Å². The van der Waals surface area contributed by atoms with Gasteiger partial charge in [0.25, 0.3) is 0 Å². The monoisotopic (exact) mass is 241 g/mol. The van der Waals surface area contributed by atoms with Crippen LogP contribution in [-0.2, 0) is 9.59 Å². The molecule has 0 rings (SSSR count). The molecule has 0 radical (unpaired) electrons. The zero-order chi connectivity index (χ0) is 13.1. The predicted molar refractivity (Wildman–Crippen MR) is 70.8 cm³/mol. The van der Waals surface area contributed by atoms with Gasteiger partial charge in [0, 0.05) is 18.9 Å². The van der Waals surface area contributed by atoms with Crippen molar-refractivity contribution in [2.75, 3.05) is 6.54 Å². The minimum absolute atomic E-state index is 0.178. The Hall–Kier alpha value is -0.860. The third-order valence-corrected chi connectivity index (χ3v) is 3.01. The lowest BCUT2D eigenvalue weighted by Gasteiger charge is -2.13. The predicted octanol–water partition coefficient (Wildman–Crippen LogP) is 3.08. The fourth-order valence-corrected chi connectivity index (χ4v) is 1.90. The lowest BCUT2D eigenvalue weighted by atomic mass is 10.00. The summed E-state index contributed by atoms with van der Waals surface area (Å²) in [5, 5.41) is 2.98. The van der Waals surface area contributed by atoms with E-state index in [4.69, 9.17) is 0 Å². The van der Waals surface area contributed by atoms with Gasteiger partial charge in [-0.05, 0) is 32.6 Å². The van der Waals surface area contributed by atoms with Crippen molar-refractivity contribution in [2.24, 2.45) is 5.92 Å². The highest BCUT2D eigenvalue weighted by molar-refractivity contribution is 5.78. The number of nitrogens with one attached hydrogen (secondary N) is 1. The molecule has 100 valence electrons. The molecule has 0 aromatic carbocycles. The van der Waals surface area contributed by atoms with Crippen molar-refractivity contribution >= 4 is 11.7 Å². The molecular formula is C14H27NO2. The van der Waals surface area contributed by atoms with Crippen molar-refractivity contribution < 1.29 is 9.59 Å². The summed E-state index contributed by atoms with van der Waals surface area (Å²) in [6.45, 7) is 6.54. The SMILES string of the molecule is CCCC(CC)C(=O)NCCCCCC(C)=O. The van der Waals surface area contributed by atoms with Crippen LogP contribution in [-0.4, -0.2) is 18.2 Å². The van der Waals surface area contributed by atoms with Crippen LogP contribution in [0.5, 0.6) is 0 Å². The Morgan fingerprint density at radius 3 is 2.35 bits per heavy atom. The van der Waals surface area contributed by atoms with Gasteiger partial charge < -0.3 is 10.1 Å². The molecule has 1 atom stereocenters. The molecule has 1 unspecified atom stereocenters. The van der Waals surface area contributed by atoms with E-state index >= 15 is 0 Å². The molecule has 0 bridgehead atoms. The standard InChI is InChI=1S/C14H27NO2/c1-4-9-13(5-2)14(17)15-11-8-6-7-10-12(3)16/h13H,4-11H2,1-3H3,(H,15,17). The Morgan fingerprint density at radius 1 is 1.12 bits per heavy atom. The van der Waals surface area contributed by atoms with Gasteiger partial charge in [0.15, 0.2) is 0 Å². The van der Waals surface area contributed by atoms with Crippen molar-refractivity contribution in [3.05, 3.63) is 0 Å². The van der Waals surface area contributed by atoms with E-state index in [9.17, 15) is 9.59 Å². The molecule has 0 aliphatic rings. The summed E-state index contributed by atoms with van der Waals surface area (Å²) in [5.41, 5.74) is 0. The molecule has 3 heteroatoms. The zero-order valence-electron chi connectivity index (χ0n) is 11.6. The Balaban J connectivity index is 3.52. The normalized spacial score (nSPS) is 12.2. The van der Waals surface area contributed by atoms with Gasteiger partial charge in [-0.25, -0.2) is 0 Å². The number of hydrogen-bond acceptors (Lipinski definition) is 2. The summed E-state index contributed by atoms with van der Waals surface area (Å²) in [5.74, 6) is 0.626. The van der Waals surface area contributed by atoms with Crippen LogP contribution in [0.25, 0.3) is 0 Å². The van der Waals surface area contributed by atoms with Gasteiger partial charge in [-0.2, -0.15) is 0 Å². The second-order valence-corrected chi connectivity index (χ2v) is 4.70. The van der Waals surface area contributed by atoms with Gasteiger partial charge in [0.05, 0.1) is 0 Å². The Bertz CT molecular complexity index is 226. The van der Waals surface area contributed by atoms with Crippen molar-refractivity contribution in [3.63, 3.8) is 0 Å². The number of amides is 1. The second-order valence-electron chi connectivity index (χ2n) is 4.70. The van der Waals surface area contributed by atoms with Crippen LogP contribution in [0.3, 0.4) is 0 Å². The van der Waals surface area contributed by atoms with Crippen LogP contribution < -0.4 is 5.32 Å². The van der Waals surface area contributed by atoms with E-state index < -0.39 is 0 Å². The van der Waals surface area contributed by atoms with Crippen molar-refractivity contribution in [1.82, 2.24) is 5.32 Å². The zero-order valence-corrected chi connectivity index (χ0v) is 11.6. The first-order valence-corrected chi connectivity index (χ1v) is 6.88. The molecule has 1 amide bonds. The Labute approximate surface area is 105 Å². The van der Waals surface area contributed by atoms with Gasteiger partial charge in [0.1, 0.15) is 5.78 Å². The Morgan fingerprint density at radius 2 is 1.82 bits per heavy atom. The molecule has 0 aliphatic heterocycles. The molecule has 0 aromatic rings. The van der Waals surface area contributed by atoms with Crippen molar-refractivity contribution in [1.29, 1.82) is 0 Å². The molecule has 0 fully saturated rings. The van der Waals surface area contributed by atoms with Gasteiger partial charge in [-0.15, -0.1) is 0 Å². The minimum atomic E-state index is 0.178. The third kappa shape index (κ3) is 8.90. The number of rotatable bonds is 10. The summed E-state index contributed by atoms with van der Waals surface area (Å²) >= 11 is 0. The third-order valence-electron chi connectivity index (χ3n) is 3.01. The molecule has 0 heterocycles. The molecule has 3 nitrogen and oxygen atoms in total. The average molecular weight is 241 g/mol. The molecular weight excluding hydrogens is 214 g/mol. The van der Waals surface area contributed by atoms with E-state index in [-0.39, 0.29) is 17.6 Å². The molecule has 0 spiro atoms. The van der Waals surface area contributed by atoms with Crippen LogP contribution >= 0.6 is 0 Å². The van der Waals surface area contributed by atoms with E-state index in [2.05, 4.69) is 19.2 Å². The molecule has 0 aliphatic carbocycles. The maximum atomic E-state index is 11.7. The summed E-state index contributed by atoms with van der Waals surface area (Å²) in [7, 11) is 0. The number of hydrogen-bond donors (Lipinski definition) is 1. The lowest BCUT2D eigenvalue weighted by Crippen LogP contribution is -2.31. The maximum Gasteiger partial charge on any atom is 0.223 e. The molecule has 0 saturated heterocycles. The van der Waals surface area contributed by atoms with Crippen molar-refractivity contribution in [3.8, 4) is 0 Å². The number of Topliss-reactive ketones (excluding diaryl/α,β-unsaturated/α-hetero) is 1. The molecule has 0 aromatic heterocycles. The van der Waals surface area contributed by atoms with Crippen molar-refractivity contribution in [2.45, 2.75) is 65.7 Å². The summed E-state index contributed by atoms with van der Waals surface area (Å²) < 4.78 is 0. The fraction of sp³-hybridized carbons (Fsp3) is 0.857. The quantitative estimate of drug-likeness (QED) is 0.597. The van der Waals surface area contributed by atoms with E-state index in [1.165, 1.54) is 0 Å². The highest BCUT2D eigenvalue weighted by atomic mass is 16.1. The van der Waals surface area contributed by atoms with Gasteiger partial charge in [0.2, 0.25) is 5.91 Å². The Kier molecular flexibility index (Phi) is 9.78. The molecule has 1 N–H and O–H groups in total. The molecule has 0 saturated carbocycles. The first kappa shape index (κ1) is 16.1. The minimum Gasteiger partial charge on any atom is -0.356 e. The largest absolute Gasteiger partial charge is 0.356 e. The highest BCUT2D eigenvalue weighted by Gasteiger charge is 2.13. The smallest absolute Gasteiger partial charge is 0.223 e. The lowest BCUT2D eigenvalue weighted by molar-refractivity contribution is -0.125. The van der Waals surface area contributed by atoms with E-state index in [1.54, 1.807) is 6.92 Å². The first-order chi connectivity index (χ1) is 8.11. The number of carbonyl (C=O) groups is 2. The summed E-state index contributed by atoms with van der Waals surface area (Å²) in [4.78, 5) is 22.5. The summed E-state index contributed by atoms with van der Waals surface area (Å²) in [6, 6.07) is 0. The maximum absolute atomic E-state index is 11.7. The fourth-order valence-electron chi connectivity index (χ4n) is 1.90. The topological polar surface area (TPSA) is 46.2 Å². The number of ketones is 1. The van der Waals surface area contributed by atoms with Gasteiger partial charge >= 0.3 is 0 Å². The highest BCUT2D eigenvalue weighted by Crippen LogP contribution is 2.10. The van der Waals surface area contributed by atoms with Crippen LogP contribution in [0.15, 0.2) is 0 Å². The number of carbonyl (C=O) groups excluding carboxylic acids is 2. The van der Waals surface area contributed by atoms with Gasteiger partial charge in [-0.3, -0.25) is 4.79 Å². The van der Waals surface area contributed by atoms with Gasteiger partial charge in [-0.1, -0.05) is 26.7 Å². The van der Waals surface area contributed by atoms with E-state index in [1.807, 2.05) is 0 Å². The first-order valence-electron chi connectivity index (χ1n) is 6.88. The van der Waals surface area contributed by atoms with Crippen LogP contribution in [0, 0.1) is 5.92 Å². The molecule has 17 heavy (non-hydrogen) atoms. The van der Waals surface area contributed by atoms with Crippen LogP contribution in [0.1, 0.15) is 65.7 Å². The van der Waals surface area contributed by atoms with Crippen LogP contribution in [0.2, 0.25) is 0 Å². The summed E-state index contributed by atoms with van der Waals surface area (Å²) in [6.07, 6.45) is 6.56. The second kappa shape index (κ2) is 10.3. The number of unbranched alkanes of at least 4 members (excludes halogenated alkanes) is 2.